The van der Waals surface area contributed by atoms with Gasteiger partial charge in [0.15, 0.2) is 11.0 Å². The highest BCUT2D eigenvalue weighted by atomic mass is 32.2. The van der Waals surface area contributed by atoms with Crippen molar-refractivity contribution in [2.75, 3.05) is 5.75 Å². The van der Waals surface area contributed by atoms with Gasteiger partial charge in [0, 0.05) is 11.3 Å². The van der Waals surface area contributed by atoms with Gasteiger partial charge in [-0.3, -0.25) is 9.36 Å². The maximum absolute atomic E-state index is 12.5. The number of hydrazone groups is 1. The van der Waals surface area contributed by atoms with Gasteiger partial charge >= 0.3 is 0 Å². The molecule has 0 aliphatic rings. The van der Waals surface area contributed by atoms with Crippen molar-refractivity contribution in [2.24, 2.45) is 5.10 Å². The average Bonchev–Trinajstić information content (AvgIpc) is 3.53. The maximum Gasteiger partial charge on any atom is 0.250 e. The Morgan fingerprint density at radius 3 is 2.46 bits per heavy atom. The number of hydrogen-bond acceptors (Lipinski definition) is 6. The number of benzene rings is 2. The summed E-state index contributed by atoms with van der Waals surface area (Å²) < 4.78 is 7.27. The molecule has 2 heterocycles. The van der Waals surface area contributed by atoms with Crippen LogP contribution in [-0.4, -0.2) is 32.6 Å². The van der Waals surface area contributed by atoms with E-state index in [2.05, 4.69) is 77.9 Å². The summed E-state index contributed by atoms with van der Waals surface area (Å²) in [6.07, 6.45) is 5.03. The van der Waals surface area contributed by atoms with Crippen LogP contribution in [0.15, 0.2) is 87.2 Å². The summed E-state index contributed by atoms with van der Waals surface area (Å²) >= 11 is 1.31. The fourth-order valence-electron chi connectivity index (χ4n) is 3.60. The molecule has 2 aromatic heterocycles. The zero-order chi connectivity index (χ0) is 26.4. The van der Waals surface area contributed by atoms with E-state index in [0.717, 1.165) is 34.0 Å². The topological polar surface area (TPSA) is 85.3 Å². The van der Waals surface area contributed by atoms with Crippen LogP contribution >= 0.6 is 11.8 Å². The molecule has 1 N–H and O–H groups in total. The lowest BCUT2D eigenvalue weighted by Crippen LogP contribution is -2.20. The predicted molar refractivity (Wildman–Crippen MR) is 150 cm³/mol. The Hall–Kier alpha value is -3.91. The molecule has 4 rings (SSSR count). The van der Waals surface area contributed by atoms with Crippen molar-refractivity contribution in [1.82, 2.24) is 20.2 Å². The van der Waals surface area contributed by atoms with Gasteiger partial charge in [-0.05, 0) is 60.7 Å². The van der Waals surface area contributed by atoms with Crippen molar-refractivity contribution in [1.29, 1.82) is 0 Å². The molecule has 2 aromatic carbocycles. The van der Waals surface area contributed by atoms with Crippen LogP contribution in [0, 0.1) is 6.92 Å². The molecule has 0 aliphatic carbocycles. The van der Waals surface area contributed by atoms with Crippen molar-refractivity contribution in [3.63, 3.8) is 0 Å². The van der Waals surface area contributed by atoms with E-state index in [1.54, 1.807) is 12.5 Å². The van der Waals surface area contributed by atoms with E-state index in [9.17, 15) is 4.79 Å². The number of nitrogens with one attached hydrogen (secondary N) is 1. The maximum atomic E-state index is 12.5. The summed E-state index contributed by atoms with van der Waals surface area (Å²) in [5.41, 5.74) is 7.79. The molecule has 0 atom stereocenters. The largest absolute Gasteiger partial charge is 0.465 e. The predicted octanol–water partition coefficient (Wildman–Crippen LogP) is 6.43. The number of furan rings is 1. The number of allylic oxidation sites excluding steroid dienone is 1. The third-order valence-corrected chi connectivity index (χ3v) is 6.57. The number of aryl methyl sites for hydroxylation is 1. The molecule has 0 radical (unpaired) electrons. The second-order valence-corrected chi connectivity index (χ2v) is 10.7. The summed E-state index contributed by atoms with van der Waals surface area (Å²) in [6, 6.07) is 20.2. The van der Waals surface area contributed by atoms with Gasteiger partial charge in [0.1, 0.15) is 5.76 Å². The van der Waals surface area contributed by atoms with Crippen LogP contribution < -0.4 is 5.43 Å². The van der Waals surface area contributed by atoms with Crippen LogP contribution in [0.1, 0.15) is 44.6 Å². The van der Waals surface area contributed by atoms with Gasteiger partial charge in [-0.1, -0.05) is 74.5 Å². The van der Waals surface area contributed by atoms with Gasteiger partial charge in [-0.2, -0.15) is 5.10 Å². The van der Waals surface area contributed by atoms with Crippen LogP contribution in [0.4, 0.5) is 0 Å². The Labute approximate surface area is 221 Å². The van der Waals surface area contributed by atoms with Crippen LogP contribution in [0.5, 0.6) is 0 Å². The molecule has 0 saturated carbocycles. The van der Waals surface area contributed by atoms with Crippen LogP contribution in [0.3, 0.4) is 0 Å². The lowest BCUT2D eigenvalue weighted by atomic mass is 9.87. The fourth-order valence-corrected chi connectivity index (χ4v) is 4.34. The average molecular weight is 514 g/mol. The molecule has 8 heteroatoms. The lowest BCUT2D eigenvalue weighted by Gasteiger charge is -2.19. The molecule has 4 aromatic rings. The number of carbonyl (C=O) groups is 1. The smallest absolute Gasteiger partial charge is 0.250 e. The van der Waals surface area contributed by atoms with Crippen molar-refractivity contribution < 1.29 is 9.21 Å². The third kappa shape index (κ3) is 6.86. The molecular weight excluding hydrogens is 482 g/mol. The van der Waals surface area contributed by atoms with E-state index < -0.39 is 0 Å². The minimum absolute atomic E-state index is 0.0626. The van der Waals surface area contributed by atoms with E-state index in [-0.39, 0.29) is 17.1 Å². The Bertz CT molecular complexity index is 1390. The van der Waals surface area contributed by atoms with Crippen molar-refractivity contribution in [2.45, 2.75) is 45.2 Å². The Morgan fingerprint density at radius 1 is 1.08 bits per heavy atom. The molecule has 7 nitrogen and oxygen atoms in total. The van der Waals surface area contributed by atoms with Crippen LogP contribution in [0.2, 0.25) is 0 Å². The zero-order valence-electron chi connectivity index (χ0n) is 21.7. The fraction of sp³-hybridized carbons (Fsp3) is 0.241. The number of nitrogens with zero attached hydrogens (tertiary/aromatic N) is 4. The van der Waals surface area contributed by atoms with E-state index in [1.165, 1.54) is 17.3 Å². The Morgan fingerprint density at radius 2 is 1.81 bits per heavy atom. The Balaban J connectivity index is 1.51. The highest BCUT2D eigenvalue weighted by molar-refractivity contribution is 7.99. The van der Waals surface area contributed by atoms with Crippen LogP contribution in [-0.2, 0) is 10.2 Å². The molecule has 190 valence electrons. The van der Waals surface area contributed by atoms with E-state index >= 15 is 0 Å². The molecule has 37 heavy (non-hydrogen) atoms. The van der Waals surface area contributed by atoms with Crippen molar-refractivity contribution in [3.05, 3.63) is 89.4 Å². The Kier molecular flexibility index (Phi) is 8.08. The first-order valence-electron chi connectivity index (χ1n) is 12.0. The van der Waals surface area contributed by atoms with Gasteiger partial charge in [0.2, 0.25) is 0 Å². The summed E-state index contributed by atoms with van der Waals surface area (Å²) in [5, 5.41) is 13.6. The highest BCUT2D eigenvalue weighted by Gasteiger charge is 2.19. The highest BCUT2D eigenvalue weighted by Crippen LogP contribution is 2.30. The lowest BCUT2D eigenvalue weighted by molar-refractivity contribution is -0.118. The second-order valence-electron chi connectivity index (χ2n) is 9.79. The number of carbonyl (C=O) groups excluding carboxylic acids is 1. The monoisotopic (exact) mass is 513 g/mol. The van der Waals surface area contributed by atoms with Gasteiger partial charge in [-0.15, -0.1) is 10.2 Å². The van der Waals surface area contributed by atoms with Gasteiger partial charge in [0.25, 0.3) is 5.91 Å². The minimum Gasteiger partial charge on any atom is -0.465 e. The first kappa shape index (κ1) is 26.2. The summed E-state index contributed by atoms with van der Waals surface area (Å²) in [7, 11) is 0. The van der Waals surface area contributed by atoms with E-state index in [4.69, 9.17) is 4.42 Å². The molecule has 0 spiro atoms. The molecular formula is C29H31N5O2S. The number of hydrogen-bond donors (Lipinski definition) is 1. The first-order valence-corrected chi connectivity index (χ1v) is 13.0. The SMILES string of the molecule is C/C(C=NNC(=O)CSc1nnc(-c2ccc(C(C)(C)C)cc2)n1-c1ccc(C)cc1)=C\c1ccco1. The molecule has 1 amide bonds. The normalized spacial score (nSPS) is 12.3. The quantitative estimate of drug-likeness (QED) is 0.167. The third-order valence-electron chi connectivity index (χ3n) is 5.64. The molecule has 0 bridgehead atoms. The van der Waals surface area contributed by atoms with Crippen molar-refractivity contribution >= 4 is 30.0 Å². The van der Waals surface area contributed by atoms with E-state index in [0.29, 0.717) is 5.16 Å². The molecule has 0 fully saturated rings. The molecule has 0 unspecified atom stereocenters. The number of amides is 1. The van der Waals surface area contributed by atoms with Crippen molar-refractivity contribution in [3.8, 4) is 17.1 Å². The van der Waals surface area contributed by atoms with Gasteiger partial charge in [0.05, 0.1) is 18.2 Å². The summed E-state index contributed by atoms with van der Waals surface area (Å²) in [5.74, 6) is 1.36. The van der Waals surface area contributed by atoms with Crippen LogP contribution in [0.25, 0.3) is 23.2 Å². The number of aromatic nitrogens is 3. The zero-order valence-corrected chi connectivity index (χ0v) is 22.5. The van der Waals surface area contributed by atoms with Gasteiger partial charge in [-0.25, -0.2) is 5.43 Å². The molecule has 0 aliphatic heterocycles. The standard InChI is InChI=1S/C29H31N5O2S/c1-20-8-14-24(15-9-20)34-27(22-10-12-23(13-11-22)29(3,4)5)32-33-28(34)37-19-26(35)31-30-18-21(2)17-25-7-6-16-36-25/h6-18H,19H2,1-5H3,(H,31,35)/b21-17+,30-18?. The molecule has 0 saturated heterocycles. The van der Waals surface area contributed by atoms with E-state index in [1.807, 2.05) is 48.8 Å². The number of rotatable bonds is 8. The summed E-state index contributed by atoms with van der Waals surface area (Å²) in [4.78, 5) is 12.5. The first-order chi connectivity index (χ1) is 17.7. The van der Waals surface area contributed by atoms with Gasteiger partial charge < -0.3 is 4.42 Å². The minimum atomic E-state index is -0.235. The summed E-state index contributed by atoms with van der Waals surface area (Å²) in [6.45, 7) is 10.5. The number of thioether (sulfide) groups is 1. The second kappa shape index (κ2) is 11.4.